The number of rotatable bonds is 7. The summed E-state index contributed by atoms with van der Waals surface area (Å²) in [5.74, 6) is -1.25. The van der Waals surface area contributed by atoms with Crippen molar-refractivity contribution in [3.8, 4) is 0 Å². The molecule has 150 valence electrons. The fraction of sp³-hybridized carbons (Fsp3) is 0.200. The van der Waals surface area contributed by atoms with Gasteiger partial charge in [0.2, 0.25) is 0 Å². The second-order valence-electron chi connectivity index (χ2n) is 6.16. The van der Waals surface area contributed by atoms with Gasteiger partial charge in [-0.25, -0.2) is 4.79 Å². The Balaban J connectivity index is 1.98. The van der Waals surface area contributed by atoms with Gasteiger partial charge in [-0.15, -0.1) is 11.3 Å². The van der Waals surface area contributed by atoms with Gasteiger partial charge in [0.05, 0.1) is 11.5 Å². The first kappa shape index (κ1) is 20.8. The zero-order chi connectivity index (χ0) is 21.0. The summed E-state index contributed by atoms with van der Waals surface area (Å²) >= 11 is 7.01. The number of carbonyl (C=O) groups is 2. The fourth-order valence-electron chi connectivity index (χ4n) is 2.74. The summed E-state index contributed by atoms with van der Waals surface area (Å²) < 4.78 is 6.12. The molecule has 3 aromatic rings. The highest BCUT2D eigenvalue weighted by atomic mass is 35.5. The quantitative estimate of drug-likeness (QED) is 0.224. The first-order chi connectivity index (χ1) is 13.9. The van der Waals surface area contributed by atoms with E-state index in [1.54, 1.807) is 12.1 Å². The molecule has 29 heavy (non-hydrogen) atoms. The molecule has 0 saturated heterocycles. The summed E-state index contributed by atoms with van der Waals surface area (Å²) in [5.41, 5.74) is -0.322. The van der Waals surface area contributed by atoms with Gasteiger partial charge in [-0.3, -0.25) is 14.9 Å². The number of nitrogens with zero attached hydrogens (tertiary/aromatic N) is 1. The van der Waals surface area contributed by atoms with Crippen LogP contribution in [0.1, 0.15) is 40.5 Å². The van der Waals surface area contributed by atoms with Crippen LogP contribution in [-0.4, -0.2) is 23.4 Å². The average molecular weight is 433 g/mol. The lowest BCUT2D eigenvalue weighted by Gasteiger charge is -2.08. The van der Waals surface area contributed by atoms with Gasteiger partial charge in [-0.2, -0.15) is 0 Å². The van der Waals surface area contributed by atoms with Crippen molar-refractivity contribution in [3.63, 3.8) is 0 Å². The molecule has 0 bridgehead atoms. The third-order valence-electron chi connectivity index (χ3n) is 4.16. The summed E-state index contributed by atoms with van der Waals surface area (Å²) in [7, 11) is 0. The molecule has 0 spiro atoms. The maximum absolute atomic E-state index is 12.8. The standard InChI is InChI=1S/C20H17ClN2O5S/c1-2-3-10-28-20(25)17-14-6-4-5-7-16(14)29-19(17)22-18(24)13-9-8-12(21)11-15(13)23(26)27/h4-9,11H,2-3,10H2,1H3,(H,22,24). The van der Waals surface area contributed by atoms with Crippen molar-refractivity contribution in [2.75, 3.05) is 11.9 Å². The highest BCUT2D eigenvalue weighted by Crippen LogP contribution is 2.37. The number of hydrogen-bond donors (Lipinski definition) is 1. The first-order valence-electron chi connectivity index (χ1n) is 8.86. The number of anilines is 1. The largest absolute Gasteiger partial charge is 0.462 e. The third kappa shape index (κ3) is 4.55. The Hall–Kier alpha value is -2.97. The van der Waals surface area contributed by atoms with E-state index in [1.807, 2.05) is 19.1 Å². The van der Waals surface area contributed by atoms with Crippen molar-refractivity contribution in [3.05, 3.63) is 68.7 Å². The zero-order valence-corrected chi connectivity index (χ0v) is 17.0. The predicted octanol–water partition coefficient (Wildman–Crippen LogP) is 5.67. The number of nitrogens with one attached hydrogen (secondary N) is 1. The Morgan fingerprint density at radius 1 is 1.24 bits per heavy atom. The number of esters is 1. The van der Waals surface area contributed by atoms with Crippen LogP contribution in [0.3, 0.4) is 0 Å². The minimum atomic E-state index is -0.706. The predicted molar refractivity (Wildman–Crippen MR) is 113 cm³/mol. The number of nitro groups is 1. The number of halogens is 1. The first-order valence-corrected chi connectivity index (χ1v) is 10.1. The summed E-state index contributed by atoms with van der Waals surface area (Å²) in [4.78, 5) is 36.0. The van der Waals surface area contributed by atoms with Gasteiger partial charge in [-0.1, -0.05) is 43.1 Å². The van der Waals surface area contributed by atoms with E-state index < -0.39 is 22.5 Å². The van der Waals surface area contributed by atoms with Crippen molar-refractivity contribution in [2.45, 2.75) is 19.8 Å². The van der Waals surface area contributed by atoms with Gasteiger partial charge >= 0.3 is 5.97 Å². The second-order valence-corrected chi connectivity index (χ2v) is 7.65. The van der Waals surface area contributed by atoms with Crippen LogP contribution < -0.4 is 5.32 Å². The minimum absolute atomic E-state index is 0.148. The molecule has 0 fully saturated rings. The molecule has 2 aromatic carbocycles. The average Bonchev–Trinajstić information content (AvgIpc) is 3.05. The normalized spacial score (nSPS) is 10.7. The van der Waals surface area contributed by atoms with Crippen LogP contribution in [0, 0.1) is 10.1 Å². The highest BCUT2D eigenvalue weighted by molar-refractivity contribution is 7.23. The van der Waals surface area contributed by atoms with E-state index in [2.05, 4.69) is 5.32 Å². The van der Waals surface area contributed by atoms with Gasteiger partial charge in [0.1, 0.15) is 16.1 Å². The van der Waals surface area contributed by atoms with E-state index in [4.69, 9.17) is 16.3 Å². The molecular formula is C20H17ClN2O5S. The molecule has 0 unspecified atom stereocenters. The molecule has 7 nitrogen and oxygen atoms in total. The molecule has 1 N–H and O–H groups in total. The number of carbonyl (C=O) groups excluding carboxylic acids is 2. The fourth-order valence-corrected chi connectivity index (χ4v) is 3.99. The topological polar surface area (TPSA) is 98.5 Å². The molecule has 0 radical (unpaired) electrons. The number of ether oxygens (including phenoxy) is 1. The summed E-state index contributed by atoms with van der Waals surface area (Å²) in [6.07, 6.45) is 1.61. The number of fused-ring (bicyclic) bond motifs is 1. The Labute approximate surface area is 175 Å². The van der Waals surface area contributed by atoms with Gasteiger partial charge < -0.3 is 10.1 Å². The molecule has 9 heteroatoms. The smallest absolute Gasteiger partial charge is 0.341 e. The summed E-state index contributed by atoms with van der Waals surface area (Å²) in [5, 5.41) is 15.0. The van der Waals surface area contributed by atoms with Crippen LogP contribution in [0.15, 0.2) is 42.5 Å². The third-order valence-corrected chi connectivity index (χ3v) is 5.48. The van der Waals surface area contributed by atoms with Gasteiger partial charge in [0.25, 0.3) is 11.6 Å². The van der Waals surface area contributed by atoms with Crippen molar-refractivity contribution >= 4 is 55.6 Å². The molecule has 0 atom stereocenters. The van der Waals surface area contributed by atoms with Crippen LogP contribution >= 0.6 is 22.9 Å². The van der Waals surface area contributed by atoms with E-state index >= 15 is 0 Å². The number of hydrogen-bond acceptors (Lipinski definition) is 6. The lowest BCUT2D eigenvalue weighted by Crippen LogP contribution is -2.16. The number of amides is 1. The molecule has 0 saturated carbocycles. The minimum Gasteiger partial charge on any atom is -0.462 e. The van der Waals surface area contributed by atoms with Crippen LogP contribution in [0.4, 0.5) is 10.7 Å². The van der Waals surface area contributed by atoms with E-state index in [-0.39, 0.29) is 27.8 Å². The van der Waals surface area contributed by atoms with Crippen LogP contribution in [0.5, 0.6) is 0 Å². The lowest BCUT2D eigenvalue weighted by molar-refractivity contribution is -0.385. The maximum atomic E-state index is 12.8. The van der Waals surface area contributed by atoms with Crippen molar-refractivity contribution in [1.29, 1.82) is 0 Å². The van der Waals surface area contributed by atoms with Crippen LogP contribution in [0.2, 0.25) is 5.02 Å². The van der Waals surface area contributed by atoms with E-state index in [0.29, 0.717) is 5.39 Å². The van der Waals surface area contributed by atoms with Gasteiger partial charge in [0, 0.05) is 21.2 Å². The van der Waals surface area contributed by atoms with Gasteiger partial charge in [-0.05, 0) is 24.6 Å². The molecule has 0 aliphatic heterocycles. The van der Waals surface area contributed by atoms with Crippen molar-refractivity contribution in [2.24, 2.45) is 0 Å². The molecule has 0 aliphatic rings. The molecule has 1 heterocycles. The summed E-state index contributed by atoms with van der Waals surface area (Å²) in [6.45, 7) is 2.26. The molecule has 1 aromatic heterocycles. The second kappa shape index (κ2) is 9.02. The van der Waals surface area contributed by atoms with Crippen molar-refractivity contribution in [1.82, 2.24) is 0 Å². The van der Waals surface area contributed by atoms with Gasteiger partial charge in [0.15, 0.2) is 0 Å². The summed E-state index contributed by atoms with van der Waals surface area (Å²) in [6, 6.07) is 11.0. The number of unbranched alkanes of at least 4 members (excludes halogenated alkanes) is 1. The van der Waals surface area contributed by atoms with E-state index in [9.17, 15) is 19.7 Å². The molecular weight excluding hydrogens is 416 g/mol. The van der Waals surface area contributed by atoms with E-state index in [1.165, 1.54) is 23.5 Å². The Morgan fingerprint density at radius 3 is 2.72 bits per heavy atom. The highest BCUT2D eigenvalue weighted by Gasteiger charge is 2.25. The molecule has 1 amide bonds. The zero-order valence-electron chi connectivity index (χ0n) is 15.4. The number of nitro benzene ring substituents is 1. The van der Waals surface area contributed by atoms with Crippen LogP contribution in [0.25, 0.3) is 10.1 Å². The molecule has 0 aliphatic carbocycles. The van der Waals surface area contributed by atoms with E-state index in [0.717, 1.165) is 23.6 Å². The number of thiophene rings is 1. The van der Waals surface area contributed by atoms with Crippen molar-refractivity contribution < 1.29 is 19.2 Å². The lowest BCUT2D eigenvalue weighted by atomic mass is 10.1. The molecule has 3 rings (SSSR count). The van der Waals surface area contributed by atoms with Crippen LogP contribution in [-0.2, 0) is 4.74 Å². The Kier molecular flexibility index (Phi) is 6.46. The Morgan fingerprint density at radius 2 is 2.00 bits per heavy atom. The monoisotopic (exact) mass is 432 g/mol. The maximum Gasteiger partial charge on any atom is 0.341 e. The Bertz CT molecular complexity index is 1100. The number of benzene rings is 2. The SMILES string of the molecule is CCCCOC(=O)c1c(NC(=O)c2ccc(Cl)cc2[N+](=O)[O-])sc2ccccc12.